The minimum atomic E-state index is 0. The average Bonchev–Trinajstić information content (AvgIpc) is 2.71. The lowest BCUT2D eigenvalue weighted by Crippen LogP contribution is -2.44. The minimum Gasteiger partial charge on any atom is -0.354 e. The molecular formula is C21H30ClIN6. The van der Waals surface area contributed by atoms with Gasteiger partial charge in [0.1, 0.15) is 5.82 Å². The number of pyridine rings is 1. The zero-order valence-electron chi connectivity index (χ0n) is 17.3. The molecule has 6 nitrogen and oxygen atoms in total. The van der Waals surface area contributed by atoms with Crippen LogP contribution in [0.4, 0.5) is 5.82 Å². The molecule has 1 aliphatic rings. The van der Waals surface area contributed by atoms with Crippen LogP contribution in [-0.4, -0.2) is 68.1 Å². The van der Waals surface area contributed by atoms with Gasteiger partial charge in [0.05, 0.1) is 0 Å². The highest BCUT2D eigenvalue weighted by atomic mass is 127. The van der Waals surface area contributed by atoms with Crippen molar-refractivity contribution in [1.82, 2.24) is 20.1 Å². The normalized spacial score (nSPS) is 15.0. The Morgan fingerprint density at radius 3 is 2.34 bits per heavy atom. The number of rotatable bonds is 5. The van der Waals surface area contributed by atoms with Gasteiger partial charge in [-0.25, -0.2) is 4.98 Å². The Hall–Kier alpha value is -1.58. The van der Waals surface area contributed by atoms with Crippen LogP contribution < -0.4 is 10.2 Å². The third-order valence-corrected chi connectivity index (χ3v) is 5.25. The summed E-state index contributed by atoms with van der Waals surface area (Å²) in [7, 11) is 5.99. The van der Waals surface area contributed by atoms with Crippen LogP contribution in [0.1, 0.15) is 11.1 Å². The van der Waals surface area contributed by atoms with Crippen molar-refractivity contribution in [2.75, 3.05) is 52.2 Å². The molecule has 0 unspecified atom stereocenters. The topological polar surface area (TPSA) is 47.0 Å². The van der Waals surface area contributed by atoms with Crippen molar-refractivity contribution in [2.45, 2.75) is 13.1 Å². The molecule has 0 amide bonds. The Morgan fingerprint density at radius 2 is 1.76 bits per heavy atom. The van der Waals surface area contributed by atoms with Crippen molar-refractivity contribution >= 4 is 47.4 Å². The maximum Gasteiger partial charge on any atom is 0.193 e. The van der Waals surface area contributed by atoms with Gasteiger partial charge in [0.15, 0.2) is 5.96 Å². The predicted octanol–water partition coefficient (Wildman–Crippen LogP) is 3.31. The van der Waals surface area contributed by atoms with Gasteiger partial charge >= 0.3 is 0 Å². The second-order valence-electron chi connectivity index (χ2n) is 7.20. The van der Waals surface area contributed by atoms with Crippen LogP contribution in [0.25, 0.3) is 0 Å². The van der Waals surface area contributed by atoms with Gasteiger partial charge in [-0.3, -0.25) is 4.99 Å². The summed E-state index contributed by atoms with van der Waals surface area (Å²) in [6.45, 7) is 5.68. The smallest absolute Gasteiger partial charge is 0.193 e. The van der Waals surface area contributed by atoms with Gasteiger partial charge in [-0.1, -0.05) is 29.8 Å². The first-order valence-electron chi connectivity index (χ1n) is 9.60. The Labute approximate surface area is 196 Å². The maximum absolute atomic E-state index is 5.96. The minimum absolute atomic E-state index is 0. The Kier molecular flexibility index (Phi) is 9.45. The van der Waals surface area contributed by atoms with Gasteiger partial charge in [0.25, 0.3) is 0 Å². The first kappa shape index (κ1) is 23.7. The SMILES string of the molecule is CN=C(NCc1ccc(N2CCN(C)CC2)nc1)N(C)Cc1ccc(Cl)cc1.I. The largest absolute Gasteiger partial charge is 0.354 e. The number of halogens is 2. The highest BCUT2D eigenvalue weighted by Gasteiger charge is 2.15. The highest BCUT2D eigenvalue weighted by Crippen LogP contribution is 2.14. The summed E-state index contributed by atoms with van der Waals surface area (Å²) in [6.07, 6.45) is 1.95. The van der Waals surface area contributed by atoms with Crippen LogP contribution in [0.3, 0.4) is 0 Å². The molecular weight excluding hydrogens is 499 g/mol. The molecule has 8 heteroatoms. The average molecular weight is 529 g/mol. The van der Waals surface area contributed by atoms with E-state index >= 15 is 0 Å². The van der Waals surface area contributed by atoms with E-state index in [9.17, 15) is 0 Å². The number of benzene rings is 1. The van der Waals surface area contributed by atoms with Gasteiger partial charge in [-0.05, 0) is 36.4 Å². The highest BCUT2D eigenvalue weighted by molar-refractivity contribution is 14.0. The number of nitrogens with one attached hydrogen (secondary N) is 1. The van der Waals surface area contributed by atoms with Crippen molar-refractivity contribution in [1.29, 1.82) is 0 Å². The fourth-order valence-electron chi connectivity index (χ4n) is 3.25. The van der Waals surface area contributed by atoms with Gasteiger partial charge in [0, 0.05) is 64.6 Å². The van der Waals surface area contributed by atoms with Gasteiger partial charge in [-0.2, -0.15) is 0 Å². The maximum atomic E-state index is 5.96. The Bertz CT molecular complexity index is 773. The molecule has 1 aromatic heterocycles. The molecule has 0 spiro atoms. The number of aromatic nitrogens is 1. The van der Waals surface area contributed by atoms with E-state index in [0.29, 0.717) is 6.54 Å². The third-order valence-electron chi connectivity index (χ3n) is 4.99. The van der Waals surface area contributed by atoms with Crippen LogP contribution in [-0.2, 0) is 13.1 Å². The molecule has 1 aromatic carbocycles. The number of anilines is 1. The Morgan fingerprint density at radius 1 is 1.10 bits per heavy atom. The molecule has 158 valence electrons. The van der Waals surface area contributed by atoms with Gasteiger partial charge < -0.3 is 20.0 Å². The molecule has 1 saturated heterocycles. The van der Waals surface area contributed by atoms with Crippen LogP contribution in [0, 0.1) is 0 Å². The second kappa shape index (κ2) is 11.6. The molecule has 0 radical (unpaired) electrons. The van der Waals surface area contributed by atoms with Gasteiger partial charge in [0.2, 0.25) is 0 Å². The Balaban J connectivity index is 0.00000300. The summed E-state index contributed by atoms with van der Waals surface area (Å²) in [6, 6.07) is 12.1. The quantitative estimate of drug-likeness (QED) is 0.367. The number of hydrogen-bond donors (Lipinski definition) is 1. The van der Waals surface area contributed by atoms with Crippen molar-refractivity contribution in [3.05, 3.63) is 58.7 Å². The molecule has 0 atom stereocenters. The number of hydrogen-bond acceptors (Lipinski definition) is 4. The first-order chi connectivity index (χ1) is 13.5. The molecule has 0 aliphatic carbocycles. The summed E-state index contributed by atoms with van der Waals surface area (Å²) >= 11 is 5.96. The summed E-state index contributed by atoms with van der Waals surface area (Å²) in [5, 5.41) is 4.16. The second-order valence-corrected chi connectivity index (χ2v) is 7.63. The van der Waals surface area contributed by atoms with Gasteiger partial charge in [-0.15, -0.1) is 24.0 Å². The number of likely N-dealkylation sites (N-methyl/N-ethyl adjacent to an activating group) is 1. The zero-order chi connectivity index (χ0) is 19.9. The third kappa shape index (κ3) is 7.01. The van der Waals surface area contributed by atoms with Crippen LogP contribution in [0.2, 0.25) is 5.02 Å². The molecule has 1 aliphatic heterocycles. The number of nitrogens with zero attached hydrogens (tertiary/aromatic N) is 5. The number of aliphatic imine (C=N–C) groups is 1. The lowest BCUT2D eigenvalue weighted by atomic mass is 10.2. The van der Waals surface area contributed by atoms with E-state index in [1.807, 2.05) is 37.5 Å². The van der Waals surface area contributed by atoms with E-state index < -0.39 is 0 Å². The molecule has 2 aromatic rings. The summed E-state index contributed by atoms with van der Waals surface area (Å²) < 4.78 is 0. The van der Waals surface area contributed by atoms with E-state index in [4.69, 9.17) is 11.6 Å². The first-order valence-corrected chi connectivity index (χ1v) is 9.97. The summed E-state index contributed by atoms with van der Waals surface area (Å²) in [4.78, 5) is 15.8. The number of guanidine groups is 1. The zero-order valence-corrected chi connectivity index (χ0v) is 20.4. The standard InChI is InChI=1S/C21H29ClN6.HI/c1-23-21(27(3)16-17-4-7-19(22)8-5-17)25-15-18-6-9-20(24-14-18)28-12-10-26(2)11-13-28;/h4-9,14H,10-13,15-16H2,1-3H3,(H,23,25);1H. The molecule has 29 heavy (non-hydrogen) atoms. The molecule has 2 heterocycles. The van der Waals surface area contributed by atoms with E-state index in [2.05, 4.69) is 49.2 Å². The summed E-state index contributed by atoms with van der Waals surface area (Å²) in [5.41, 5.74) is 2.33. The molecule has 0 saturated carbocycles. The van der Waals surface area contributed by atoms with E-state index in [0.717, 1.165) is 55.1 Å². The van der Waals surface area contributed by atoms with Crippen LogP contribution >= 0.6 is 35.6 Å². The van der Waals surface area contributed by atoms with E-state index in [1.165, 1.54) is 5.56 Å². The van der Waals surface area contributed by atoms with E-state index in [-0.39, 0.29) is 24.0 Å². The lowest BCUT2D eigenvalue weighted by molar-refractivity contribution is 0.312. The van der Waals surface area contributed by atoms with Crippen LogP contribution in [0.15, 0.2) is 47.6 Å². The monoisotopic (exact) mass is 528 g/mol. The van der Waals surface area contributed by atoms with Crippen molar-refractivity contribution in [2.24, 2.45) is 4.99 Å². The fraction of sp³-hybridized carbons (Fsp3) is 0.429. The van der Waals surface area contributed by atoms with E-state index in [1.54, 1.807) is 7.05 Å². The molecule has 1 N–H and O–H groups in total. The predicted molar refractivity (Wildman–Crippen MR) is 132 cm³/mol. The fourth-order valence-corrected chi connectivity index (χ4v) is 3.37. The lowest BCUT2D eigenvalue weighted by Gasteiger charge is -2.33. The van der Waals surface area contributed by atoms with Crippen LogP contribution in [0.5, 0.6) is 0 Å². The van der Waals surface area contributed by atoms with Crippen molar-refractivity contribution in [3.63, 3.8) is 0 Å². The molecule has 0 bridgehead atoms. The number of piperazine rings is 1. The summed E-state index contributed by atoms with van der Waals surface area (Å²) in [5.74, 6) is 1.90. The van der Waals surface area contributed by atoms with Crippen molar-refractivity contribution in [3.8, 4) is 0 Å². The molecule has 1 fully saturated rings. The molecule has 3 rings (SSSR count). The van der Waals surface area contributed by atoms with Crippen molar-refractivity contribution < 1.29 is 0 Å².